The Morgan fingerprint density at radius 3 is 2.63 bits per heavy atom. The summed E-state index contributed by atoms with van der Waals surface area (Å²) in [5.74, 6) is 1.09. The first kappa shape index (κ1) is 12.6. The Labute approximate surface area is 113 Å². The van der Waals surface area contributed by atoms with Crippen LogP contribution in [0.25, 0.3) is 0 Å². The maximum absolute atomic E-state index is 12.1. The van der Waals surface area contributed by atoms with Crippen LogP contribution in [0, 0.1) is 5.92 Å². The van der Waals surface area contributed by atoms with Crippen molar-refractivity contribution in [2.45, 2.75) is 25.7 Å². The molecule has 2 fully saturated rings. The maximum Gasteiger partial charge on any atom is 0.291 e. The summed E-state index contributed by atoms with van der Waals surface area (Å²) in [7, 11) is 0. The average Bonchev–Trinajstić information content (AvgIpc) is 3.12. The fraction of sp³-hybridized carbons (Fsp3) is 0.769. The Morgan fingerprint density at radius 2 is 2.00 bits per heavy atom. The fourth-order valence-electron chi connectivity index (χ4n) is 3.11. The number of aromatic nitrogens is 3. The van der Waals surface area contributed by atoms with Crippen LogP contribution in [0.1, 0.15) is 36.3 Å². The molecule has 0 bridgehead atoms. The Kier molecular flexibility index (Phi) is 3.77. The second-order valence-corrected chi connectivity index (χ2v) is 5.58. The molecule has 0 atom stereocenters. The fourth-order valence-corrected chi connectivity index (χ4v) is 3.11. The molecule has 6 heteroatoms. The molecule has 1 aromatic heterocycles. The first-order valence-electron chi connectivity index (χ1n) is 7.20. The first-order valence-corrected chi connectivity index (χ1v) is 7.20. The third kappa shape index (κ3) is 2.94. The number of hydrogen-bond donors (Lipinski definition) is 1. The topological polar surface area (TPSA) is 65.1 Å². The van der Waals surface area contributed by atoms with E-state index in [1.807, 2.05) is 4.90 Å². The highest BCUT2D eigenvalue weighted by molar-refractivity contribution is 5.90. The number of hydrogen-bond acceptors (Lipinski definition) is 4. The van der Waals surface area contributed by atoms with E-state index >= 15 is 0 Å². The third-order valence-corrected chi connectivity index (χ3v) is 4.23. The number of rotatable bonds is 3. The number of aromatic amines is 1. The summed E-state index contributed by atoms with van der Waals surface area (Å²) < 4.78 is 0. The smallest absolute Gasteiger partial charge is 0.291 e. The molecule has 19 heavy (non-hydrogen) atoms. The predicted molar refractivity (Wildman–Crippen MR) is 70.7 cm³/mol. The summed E-state index contributed by atoms with van der Waals surface area (Å²) in [4.78, 5) is 20.5. The van der Waals surface area contributed by atoms with Gasteiger partial charge in [-0.3, -0.25) is 9.89 Å². The number of piperidine rings is 1. The van der Waals surface area contributed by atoms with E-state index in [9.17, 15) is 4.79 Å². The van der Waals surface area contributed by atoms with E-state index in [0.29, 0.717) is 5.82 Å². The molecule has 1 aromatic rings. The van der Waals surface area contributed by atoms with Crippen LogP contribution >= 0.6 is 0 Å². The van der Waals surface area contributed by atoms with Crippen LogP contribution in [0.15, 0.2) is 6.33 Å². The molecule has 2 aliphatic rings. The van der Waals surface area contributed by atoms with Gasteiger partial charge in [0.2, 0.25) is 5.82 Å². The van der Waals surface area contributed by atoms with Crippen LogP contribution in [0.5, 0.6) is 0 Å². The molecule has 2 saturated heterocycles. The standard InChI is InChI=1S/C13H21N5O/c19-13(12-14-10-15-16-12)18-7-3-11(4-8-18)9-17-5-1-2-6-17/h10-11H,1-9H2,(H,14,15,16). The predicted octanol–water partition coefficient (Wildman–Crippen LogP) is 0.753. The summed E-state index contributed by atoms with van der Waals surface area (Å²) >= 11 is 0. The van der Waals surface area contributed by atoms with Crippen LogP contribution in [0.4, 0.5) is 0 Å². The van der Waals surface area contributed by atoms with E-state index in [2.05, 4.69) is 20.1 Å². The Balaban J connectivity index is 1.47. The molecule has 6 nitrogen and oxygen atoms in total. The number of likely N-dealkylation sites (tertiary alicyclic amines) is 2. The van der Waals surface area contributed by atoms with Crippen molar-refractivity contribution >= 4 is 5.91 Å². The van der Waals surface area contributed by atoms with E-state index in [0.717, 1.165) is 31.8 Å². The minimum atomic E-state index is -0.0166. The molecule has 0 unspecified atom stereocenters. The van der Waals surface area contributed by atoms with Gasteiger partial charge in [0.15, 0.2) is 0 Å². The summed E-state index contributed by atoms with van der Waals surface area (Å²) in [6, 6.07) is 0. The summed E-state index contributed by atoms with van der Waals surface area (Å²) in [5, 5.41) is 6.37. The second-order valence-electron chi connectivity index (χ2n) is 5.58. The molecule has 2 aliphatic heterocycles. The number of H-pyrrole nitrogens is 1. The van der Waals surface area contributed by atoms with Crippen molar-refractivity contribution in [2.75, 3.05) is 32.7 Å². The van der Waals surface area contributed by atoms with Crippen molar-refractivity contribution in [1.82, 2.24) is 25.0 Å². The molecule has 0 spiro atoms. The quantitative estimate of drug-likeness (QED) is 0.874. The second kappa shape index (κ2) is 5.69. The molecule has 3 rings (SSSR count). The summed E-state index contributed by atoms with van der Waals surface area (Å²) in [6.07, 6.45) is 6.30. The van der Waals surface area contributed by atoms with E-state index in [1.54, 1.807) is 0 Å². The number of amides is 1. The number of nitrogens with one attached hydrogen (secondary N) is 1. The number of nitrogens with zero attached hydrogens (tertiary/aromatic N) is 4. The number of carbonyl (C=O) groups is 1. The van der Waals surface area contributed by atoms with E-state index in [4.69, 9.17) is 0 Å². The van der Waals surface area contributed by atoms with Crippen LogP contribution in [0.3, 0.4) is 0 Å². The minimum Gasteiger partial charge on any atom is -0.336 e. The molecule has 1 N–H and O–H groups in total. The zero-order chi connectivity index (χ0) is 13.1. The van der Waals surface area contributed by atoms with E-state index < -0.39 is 0 Å². The van der Waals surface area contributed by atoms with Crippen LogP contribution in [-0.4, -0.2) is 63.6 Å². The van der Waals surface area contributed by atoms with Crippen LogP contribution in [0.2, 0.25) is 0 Å². The van der Waals surface area contributed by atoms with Gasteiger partial charge < -0.3 is 9.80 Å². The molecular formula is C13H21N5O. The van der Waals surface area contributed by atoms with Crippen molar-refractivity contribution in [3.05, 3.63) is 12.2 Å². The highest BCUT2D eigenvalue weighted by Crippen LogP contribution is 2.21. The summed E-state index contributed by atoms with van der Waals surface area (Å²) in [6.45, 7) is 5.43. The van der Waals surface area contributed by atoms with Crippen molar-refractivity contribution in [3.8, 4) is 0 Å². The zero-order valence-corrected chi connectivity index (χ0v) is 11.2. The number of carbonyl (C=O) groups excluding carboxylic acids is 1. The van der Waals surface area contributed by atoms with Crippen LogP contribution in [-0.2, 0) is 0 Å². The monoisotopic (exact) mass is 263 g/mol. The van der Waals surface area contributed by atoms with Gasteiger partial charge in [0.05, 0.1) is 0 Å². The van der Waals surface area contributed by atoms with Gasteiger partial charge in [0.25, 0.3) is 5.91 Å². The van der Waals surface area contributed by atoms with Gasteiger partial charge in [0.1, 0.15) is 6.33 Å². The van der Waals surface area contributed by atoms with Crippen molar-refractivity contribution < 1.29 is 4.79 Å². The normalized spacial score (nSPS) is 22.0. The lowest BCUT2D eigenvalue weighted by Gasteiger charge is -2.33. The van der Waals surface area contributed by atoms with Gasteiger partial charge in [0, 0.05) is 19.6 Å². The minimum absolute atomic E-state index is 0.0166. The van der Waals surface area contributed by atoms with Gasteiger partial charge in [-0.2, -0.15) is 5.10 Å². The highest BCUT2D eigenvalue weighted by atomic mass is 16.2. The lowest BCUT2D eigenvalue weighted by Crippen LogP contribution is -2.41. The molecule has 0 aromatic carbocycles. The lowest BCUT2D eigenvalue weighted by molar-refractivity contribution is 0.0661. The molecule has 0 radical (unpaired) electrons. The third-order valence-electron chi connectivity index (χ3n) is 4.23. The molecule has 1 amide bonds. The maximum atomic E-state index is 12.1. The Hall–Kier alpha value is -1.43. The molecule has 104 valence electrons. The highest BCUT2D eigenvalue weighted by Gasteiger charge is 2.26. The van der Waals surface area contributed by atoms with Crippen molar-refractivity contribution in [3.63, 3.8) is 0 Å². The van der Waals surface area contributed by atoms with Gasteiger partial charge in [-0.1, -0.05) is 0 Å². The van der Waals surface area contributed by atoms with Crippen molar-refractivity contribution in [2.24, 2.45) is 5.92 Å². The lowest BCUT2D eigenvalue weighted by atomic mass is 9.96. The van der Waals surface area contributed by atoms with E-state index in [-0.39, 0.29) is 5.91 Å². The van der Waals surface area contributed by atoms with Gasteiger partial charge in [-0.15, -0.1) is 0 Å². The molecule has 0 saturated carbocycles. The molecule has 0 aliphatic carbocycles. The first-order chi connectivity index (χ1) is 9.33. The molecule has 3 heterocycles. The Morgan fingerprint density at radius 1 is 1.26 bits per heavy atom. The summed E-state index contributed by atoms with van der Waals surface area (Å²) in [5.41, 5.74) is 0. The Bertz CT molecular complexity index is 405. The molecular weight excluding hydrogens is 242 g/mol. The van der Waals surface area contributed by atoms with Crippen LogP contribution < -0.4 is 0 Å². The SMILES string of the molecule is O=C(c1ncn[nH]1)N1CCC(CN2CCCC2)CC1. The zero-order valence-electron chi connectivity index (χ0n) is 11.2. The van der Waals surface area contributed by atoms with Gasteiger partial charge in [-0.05, 0) is 44.7 Å². The average molecular weight is 263 g/mol. The largest absolute Gasteiger partial charge is 0.336 e. The van der Waals surface area contributed by atoms with Gasteiger partial charge in [-0.25, -0.2) is 4.98 Å². The van der Waals surface area contributed by atoms with Gasteiger partial charge >= 0.3 is 0 Å². The van der Waals surface area contributed by atoms with E-state index in [1.165, 1.54) is 38.8 Å². The van der Waals surface area contributed by atoms with Crippen molar-refractivity contribution in [1.29, 1.82) is 0 Å².